The SMILES string of the molecule is CCNCC(O)CSc1ccccc1Cl. The number of rotatable bonds is 6. The van der Waals surface area contributed by atoms with Crippen LogP contribution in [0.15, 0.2) is 29.2 Å². The Balaban J connectivity index is 2.33. The average Bonchev–Trinajstić information content (AvgIpc) is 2.25. The number of aliphatic hydroxyl groups is 1. The van der Waals surface area contributed by atoms with Crippen LogP contribution >= 0.6 is 23.4 Å². The maximum Gasteiger partial charge on any atom is 0.0758 e. The summed E-state index contributed by atoms with van der Waals surface area (Å²) in [4.78, 5) is 1.02. The Bertz CT molecular complexity index is 296. The zero-order valence-corrected chi connectivity index (χ0v) is 10.3. The highest BCUT2D eigenvalue weighted by molar-refractivity contribution is 7.99. The molecule has 1 aromatic rings. The van der Waals surface area contributed by atoms with Crippen LogP contribution in [0.25, 0.3) is 0 Å². The van der Waals surface area contributed by atoms with Crippen molar-refractivity contribution in [3.05, 3.63) is 29.3 Å². The van der Waals surface area contributed by atoms with Crippen LogP contribution in [-0.4, -0.2) is 30.1 Å². The first kappa shape index (κ1) is 12.8. The molecule has 0 heterocycles. The Morgan fingerprint density at radius 1 is 1.47 bits per heavy atom. The molecule has 2 nitrogen and oxygen atoms in total. The normalized spacial score (nSPS) is 12.7. The van der Waals surface area contributed by atoms with Crippen molar-refractivity contribution in [1.82, 2.24) is 5.32 Å². The third kappa shape index (κ3) is 4.89. The van der Waals surface area contributed by atoms with Gasteiger partial charge in [0.1, 0.15) is 0 Å². The van der Waals surface area contributed by atoms with Gasteiger partial charge in [-0.1, -0.05) is 30.7 Å². The fourth-order valence-corrected chi connectivity index (χ4v) is 2.29. The number of nitrogens with one attached hydrogen (secondary N) is 1. The molecule has 0 aromatic heterocycles. The van der Waals surface area contributed by atoms with Gasteiger partial charge in [-0.25, -0.2) is 0 Å². The number of hydrogen-bond acceptors (Lipinski definition) is 3. The molecule has 15 heavy (non-hydrogen) atoms. The molecular formula is C11H16ClNOS. The molecule has 0 radical (unpaired) electrons. The van der Waals surface area contributed by atoms with Crippen LogP contribution in [-0.2, 0) is 0 Å². The number of hydrogen-bond donors (Lipinski definition) is 2. The fraction of sp³-hybridized carbons (Fsp3) is 0.455. The lowest BCUT2D eigenvalue weighted by molar-refractivity contribution is 0.197. The molecule has 1 aromatic carbocycles. The molecule has 4 heteroatoms. The van der Waals surface area contributed by atoms with E-state index in [1.807, 2.05) is 31.2 Å². The Morgan fingerprint density at radius 2 is 2.20 bits per heavy atom. The predicted octanol–water partition coefficient (Wildman–Crippen LogP) is 2.40. The zero-order valence-electron chi connectivity index (χ0n) is 8.74. The van der Waals surface area contributed by atoms with E-state index in [1.54, 1.807) is 11.8 Å². The summed E-state index contributed by atoms with van der Waals surface area (Å²) in [5, 5.41) is 13.5. The van der Waals surface area contributed by atoms with E-state index in [9.17, 15) is 5.11 Å². The average molecular weight is 246 g/mol. The van der Waals surface area contributed by atoms with Gasteiger partial charge in [-0.05, 0) is 18.7 Å². The summed E-state index contributed by atoms with van der Waals surface area (Å²) in [5.41, 5.74) is 0. The van der Waals surface area contributed by atoms with E-state index in [1.165, 1.54) is 0 Å². The molecule has 0 bridgehead atoms. The Kier molecular flexibility index (Phi) is 6.10. The molecule has 0 amide bonds. The minimum atomic E-state index is -0.328. The summed E-state index contributed by atoms with van der Waals surface area (Å²) in [6.45, 7) is 3.54. The Morgan fingerprint density at radius 3 is 2.87 bits per heavy atom. The van der Waals surface area contributed by atoms with Crippen molar-refractivity contribution in [2.75, 3.05) is 18.8 Å². The highest BCUT2D eigenvalue weighted by Gasteiger charge is 2.05. The zero-order chi connectivity index (χ0) is 11.1. The second kappa shape index (κ2) is 7.12. The van der Waals surface area contributed by atoms with Crippen LogP contribution in [0.5, 0.6) is 0 Å². The second-order valence-electron chi connectivity index (χ2n) is 3.20. The number of halogens is 1. The fourth-order valence-electron chi connectivity index (χ4n) is 1.12. The molecule has 0 aliphatic heterocycles. The van der Waals surface area contributed by atoms with E-state index in [0.29, 0.717) is 12.3 Å². The largest absolute Gasteiger partial charge is 0.391 e. The minimum absolute atomic E-state index is 0.328. The van der Waals surface area contributed by atoms with Crippen LogP contribution in [0.3, 0.4) is 0 Å². The molecule has 0 saturated carbocycles. The third-order valence-corrected chi connectivity index (χ3v) is 3.56. The topological polar surface area (TPSA) is 32.3 Å². The molecule has 0 saturated heterocycles. The van der Waals surface area contributed by atoms with Crippen molar-refractivity contribution in [2.45, 2.75) is 17.9 Å². The number of benzene rings is 1. The first-order valence-electron chi connectivity index (χ1n) is 5.00. The Hall–Kier alpha value is -0.220. The quantitative estimate of drug-likeness (QED) is 0.755. The monoisotopic (exact) mass is 245 g/mol. The van der Waals surface area contributed by atoms with Gasteiger partial charge < -0.3 is 10.4 Å². The maximum atomic E-state index is 9.61. The number of aliphatic hydroxyl groups excluding tert-OH is 1. The molecule has 1 rings (SSSR count). The minimum Gasteiger partial charge on any atom is -0.391 e. The van der Waals surface area contributed by atoms with Crippen LogP contribution < -0.4 is 5.32 Å². The van der Waals surface area contributed by atoms with Crippen molar-refractivity contribution in [3.63, 3.8) is 0 Å². The summed E-state index contributed by atoms with van der Waals surface area (Å²) in [7, 11) is 0. The van der Waals surface area contributed by atoms with Crippen molar-refractivity contribution in [2.24, 2.45) is 0 Å². The van der Waals surface area contributed by atoms with Gasteiger partial charge in [0.05, 0.1) is 11.1 Å². The molecule has 1 unspecified atom stereocenters. The van der Waals surface area contributed by atoms with E-state index in [0.717, 1.165) is 16.5 Å². The van der Waals surface area contributed by atoms with Gasteiger partial charge in [-0.3, -0.25) is 0 Å². The van der Waals surface area contributed by atoms with Crippen molar-refractivity contribution >= 4 is 23.4 Å². The van der Waals surface area contributed by atoms with Gasteiger partial charge >= 0.3 is 0 Å². The van der Waals surface area contributed by atoms with Crippen molar-refractivity contribution in [3.8, 4) is 0 Å². The third-order valence-electron chi connectivity index (χ3n) is 1.90. The van der Waals surface area contributed by atoms with Gasteiger partial charge in [0.25, 0.3) is 0 Å². The molecule has 0 fully saturated rings. The van der Waals surface area contributed by atoms with Crippen LogP contribution in [0, 0.1) is 0 Å². The van der Waals surface area contributed by atoms with Crippen molar-refractivity contribution < 1.29 is 5.11 Å². The summed E-state index contributed by atoms with van der Waals surface area (Å²) in [6, 6.07) is 7.68. The van der Waals surface area contributed by atoms with E-state index in [-0.39, 0.29) is 6.10 Å². The molecule has 1 atom stereocenters. The van der Waals surface area contributed by atoms with Crippen LogP contribution in [0.1, 0.15) is 6.92 Å². The standard InChI is InChI=1S/C11H16ClNOS/c1-2-13-7-9(14)8-15-11-6-4-3-5-10(11)12/h3-6,9,13-14H,2,7-8H2,1H3. The van der Waals surface area contributed by atoms with Crippen molar-refractivity contribution in [1.29, 1.82) is 0 Å². The summed E-state index contributed by atoms with van der Waals surface area (Å²) in [5.74, 6) is 0.663. The summed E-state index contributed by atoms with van der Waals surface area (Å²) >= 11 is 7.58. The lowest BCUT2D eigenvalue weighted by atomic mass is 10.4. The Labute approximate surface area is 100 Å². The molecular weight excluding hydrogens is 230 g/mol. The smallest absolute Gasteiger partial charge is 0.0758 e. The first-order chi connectivity index (χ1) is 7.24. The van der Waals surface area contributed by atoms with Gasteiger partial charge in [0, 0.05) is 17.2 Å². The lowest BCUT2D eigenvalue weighted by Crippen LogP contribution is -2.28. The van der Waals surface area contributed by atoms with Crippen LogP contribution in [0.4, 0.5) is 0 Å². The number of thioether (sulfide) groups is 1. The summed E-state index contributed by atoms with van der Waals surface area (Å²) < 4.78 is 0. The van der Waals surface area contributed by atoms with E-state index < -0.39 is 0 Å². The first-order valence-corrected chi connectivity index (χ1v) is 6.36. The molecule has 0 aliphatic rings. The molecule has 0 aliphatic carbocycles. The van der Waals surface area contributed by atoms with E-state index >= 15 is 0 Å². The highest BCUT2D eigenvalue weighted by Crippen LogP contribution is 2.26. The van der Waals surface area contributed by atoms with Gasteiger partial charge in [0.15, 0.2) is 0 Å². The molecule has 84 valence electrons. The second-order valence-corrected chi connectivity index (χ2v) is 4.67. The number of likely N-dealkylation sites (N-methyl/N-ethyl adjacent to an activating group) is 1. The maximum absolute atomic E-state index is 9.61. The lowest BCUT2D eigenvalue weighted by Gasteiger charge is -2.10. The van der Waals surface area contributed by atoms with E-state index in [4.69, 9.17) is 11.6 Å². The van der Waals surface area contributed by atoms with E-state index in [2.05, 4.69) is 5.32 Å². The van der Waals surface area contributed by atoms with Gasteiger partial charge in [0.2, 0.25) is 0 Å². The molecule has 0 spiro atoms. The summed E-state index contributed by atoms with van der Waals surface area (Å²) in [6.07, 6.45) is -0.328. The van der Waals surface area contributed by atoms with Crippen LogP contribution in [0.2, 0.25) is 5.02 Å². The molecule has 2 N–H and O–H groups in total. The predicted molar refractivity (Wildman–Crippen MR) is 66.7 cm³/mol. The van der Waals surface area contributed by atoms with Gasteiger partial charge in [-0.15, -0.1) is 11.8 Å². The van der Waals surface area contributed by atoms with Gasteiger partial charge in [-0.2, -0.15) is 0 Å². The highest BCUT2D eigenvalue weighted by atomic mass is 35.5.